The number of hydrogen-bond acceptors (Lipinski definition) is 3. The van der Waals surface area contributed by atoms with Gasteiger partial charge < -0.3 is 20.9 Å². The fourth-order valence-corrected chi connectivity index (χ4v) is 3.79. The van der Waals surface area contributed by atoms with E-state index in [4.69, 9.17) is 0 Å². The Morgan fingerprint density at radius 2 is 1.94 bits per heavy atom. The molecule has 3 rings (SSSR count). The number of amides is 1. The van der Waals surface area contributed by atoms with Crippen LogP contribution in [0.15, 0.2) is 47.5 Å². The van der Waals surface area contributed by atoms with Crippen LogP contribution in [0.3, 0.4) is 0 Å². The molecule has 0 spiro atoms. The zero-order valence-corrected chi connectivity index (χ0v) is 20.6. The Hall–Kier alpha value is -2.36. The number of carbonyl (C=O) groups is 1. The van der Waals surface area contributed by atoms with E-state index in [9.17, 15) is 9.18 Å². The summed E-state index contributed by atoms with van der Waals surface area (Å²) < 4.78 is 14.5. The second kappa shape index (κ2) is 11.9. The van der Waals surface area contributed by atoms with Crippen LogP contribution in [0.2, 0.25) is 0 Å². The highest BCUT2D eigenvalue weighted by atomic mass is 127. The summed E-state index contributed by atoms with van der Waals surface area (Å²) in [5.41, 5.74) is 3.45. The minimum atomic E-state index is -0.217. The van der Waals surface area contributed by atoms with Gasteiger partial charge in [-0.3, -0.25) is 9.79 Å². The number of halogens is 2. The maximum atomic E-state index is 14.5. The fraction of sp³-hybridized carbons (Fsp3) is 0.391. The van der Waals surface area contributed by atoms with Crippen molar-refractivity contribution in [1.82, 2.24) is 10.6 Å². The maximum Gasteiger partial charge on any atom is 0.225 e. The molecule has 0 aliphatic carbocycles. The van der Waals surface area contributed by atoms with Gasteiger partial charge in [-0.25, -0.2) is 4.39 Å². The van der Waals surface area contributed by atoms with Crippen LogP contribution in [0.5, 0.6) is 0 Å². The number of carbonyl (C=O) groups excluding carboxylic acids is 1. The molecule has 31 heavy (non-hydrogen) atoms. The van der Waals surface area contributed by atoms with E-state index in [1.807, 2.05) is 55.1 Å². The Labute approximate surface area is 200 Å². The molecule has 0 bridgehead atoms. The van der Waals surface area contributed by atoms with Crippen LogP contribution < -0.4 is 20.9 Å². The molecule has 168 valence electrons. The fourth-order valence-electron chi connectivity index (χ4n) is 3.79. The van der Waals surface area contributed by atoms with Crippen molar-refractivity contribution in [3.8, 4) is 0 Å². The third-order valence-electron chi connectivity index (χ3n) is 5.42. The van der Waals surface area contributed by atoms with Crippen LogP contribution in [0, 0.1) is 5.82 Å². The SMILES string of the molecule is CCN(CC)c1ccc(CNC(=NC)NCC2CC(=O)Nc3ccccc32)cc1F.I. The lowest BCUT2D eigenvalue weighted by Gasteiger charge is -2.26. The molecule has 6 nitrogen and oxygen atoms in total. The zero-order chi connectivity index (χ0) is 21.5. The summed E-state index contributed by atoms with van der Waals surface area (Å²) in [4.78, 5) is 18.2. The van der Waals surface area contributed by atoms with Gasteiger partial charge in [0.2, 0.25) is 5.91 Å². The number of nitrogens with one attached hydrogen (secondary N) is 3. The normalized spacial score (nSPS) is 15.4. The Morgan fingerprint density at radius 3 is 2.61 bits per heavy atom. The number of nitrogens with zero attached hydrogens (tertiary/aromatic N) is 2. The number of hydrogen-bond donors (Lipinski definition) is 3. The first kappa shape index (κ1) is 24.9. The van der Waals surface area contributed by atoms with E-state index in [0.29, 0.717) is 31.2 Å². The summed E-state index contributed by atoms with van der Waals surface area (Å²) in [5.74, 6) is 0.490. The third-order valence-corrected chi connectivity index (χ3v) is 5.42. The van der Waals surface area contributed by atoms with Crippen LogP contribution in [0.1, 0.15) is 37.3 Å². The molecule has 1 unspecified atom stereocenters. The Bertz CT molecular complexity index is 917. The third kappa shape index (κ3) is 6.32. The topological polar surface area (TPSA) is 68.8 Å². The molecule has 0 saturated carbocycles. The number of rotatable bonds is 7. The number of para-hydroxylation sites is 1. The minimum Gasteiger partial charge on any atom is -0.370 e. The molecule has 8 heteroatoms. The molecule has 2 aromatic rings. The lowest BCUT2D eigenvalue weighted by Crippen LogP contribution is -2.40. The summed E-state index contributed by atoms with van der Waals surface area (Å²) in [6, 6.07) is 13.2. The molecule has 1 amide bonds. The molecule has 1 aliphatic rings. The van der Waals surface area contributed by atoms with Crippen molar-refractivity contribution in [1.29, 1.82) is 0 Å². The second-order valence-corrected chi connectivity index (χ2v) is 7.30. The molecule has 1 heterocycles. The standard InChI is InChI=1S/C23H30FN5O.HI/c1-4-29(5-2)21-11-10-16(12-19(21)24)14-26-23(25-3)27-15-17-13-22(30)28-20-9-7-6-8-18(17)20;/h6-12,17H,4-5,13-15H2,1-3H3,(H,28,30)(H2,25,26,27);1H. The highest BCUT2D eigenvalue weighted by Gasteiger charge is 2.24. The van der Waals surface area contributed by atoms with Crippen molar-refractivity contribution in [3.63, 3.8) is 0 Å². The summed E-state index contributed by atoms with van der Waals surface area (Å²) >= 11 is 0. The van der Waals surface area contributed by atoms with Gasteiger partial charge in [-0.1, -0.05) is 24.3 Å². The van der Waals surface area contributed by atoms with Gasteiger partial charge in [0.05, 0.1) is 5.69 Å². The van der Waals surface area contributed by atoms with E-state index < -0.39 is 0 Å². The van der Waals surface area contributed by atoms with E-state index in [2.05, 4.69) is 20.9 Å². The van der Waals surface area contributed by atoms with Crippen LogP contribution >= 0.6 is 24.0 Å². The first-order valence-corrected chi connectivity index (χ1v) is 10.4. The molecule has 0 fully saturated rings. The highest BCUT2D eigenvalue weighted by Crippen LogP contribution is 2.31. The van der Waals surface area contributed by atoms with Gasteiger partial charge in [0.25, 0.3) is 0 Å². The number of aliphatic imine (C=N–C) groups is 1. The molecule has 0 saturated heterocycles. The monoisotopic (exact) mass is 539 g/mol. The smallest absolute Gasteiger partial charge is 0.225 e. The number of anilines is 2. The van der Waals surface area contributed by atoms with Crippen molar-refractivity contribution in [2.24, 2.45) is 4.99 Å². The van der Waals surface area contributed by atoms with E-state index in [0.717, 1.165) is 29.9 Å². The van der Waals surface area contributed by atoms with Crippen LogP contribution in [0.4, 0.5) is 15.8 Å². The summed E-state index contributed by atoms with van der Waals surface area (Å²) in [5, 5.41) is 9.43. The zero-order valence-electron chi connectivity index (χ0n) is 18.2. The van der Waals surface area contributed by atoms with Crippen molar-refractivity contribution in [3.05, 3.63) is 59.4 Å². The summed E-state index contributed by atoms with van der Waals surface area (Å²) in [7, 11) is 1.70. The van der Waals surface area contributed by atoms with Gasteiger partial charge in [-0.05, 0) is 43.2 Å². The van der Waals surface area contributed by atoms with E-state index in [1.165, 1.54) is 0 Å². The van der Waals surface area contributed by atoms with Gasteiger partial charge in [0.15, 0.2) is 5.96 Å². The first-order chi connectivity index (χ1) is 14.5. The quantitative estimate of drug-likeness (QED) is 0.282. The molecular formula is C23H31FIN5O. The van der Waals surface area contributed by atoms with Gasteiger partial charge in [-0.15, -0.1) is 24.0 Å². The predicted molar refractivity (Wildman–Crippen MR) is 136 cm³/mol. The molecular weight excluding hydrogens is 508 g/mol. The van der Waals surface area contributed by atoms with E-state index in [1.54, 1.807) is 13.1 Å². The molecule has 2 aromatic carbocycles. The first-order valence-electron chi connectivity index (χ1n) is 10.4. The average molecular weight is 539 g/mol. The molecule has 1 aliphatic heterocycles. The second-order valence-electron chi connectivity index (χ2n) is 7.30. The number of fused-ring (bicyclic) bond motifs is 1. The van der Waals surface area contributed by atoms with E-state index in [-0.39, 0.29) is 41.6 Å². The average Bonchev–Trinajstić information content (AvgIpc) is 2.75. The molecule has 0 aromatic heterocycles. The van der Waals surface area contributed by atoms with Gasteiger partial charge in [-0.2, -0.15) is 0 Å². The lowest BCUT2D eigenvalue weighted by molar-refractivity contribution is -0.116. The molecule has 3 N–H and O–H groups in total. The minimum absolute atomic E-state index is 0. The van der Waals surface area contributed by atoms with Crippen LogP contribution in [0.25, 0.3) is 0 Å². The van der Waals surface area contributed by atoms with Gasteiger partial charge >= 0.3 is 0 Å². The highest BCUT2D eigenvalue weighted by molar-refractivity contribution is 14.0. The van der Waals surface area contributed by atoms with Crippen molar-refractivity contribution < 1.29 is 9.18 Å². The van der Waals surface area contributed by atoms with Gasteiger partial charge in [0, 0.05) is 51.3 Å². The Balaban J connectivity index is 0.00000341. The predicted octanol–water partition coefficient (Wildman–Crippen LogP) is 4.08. The molecule has 0 radical (unpaired) electrons. The maximum absolute atomic E-state index is 14.5. The largest absolute Gasteiger partial charge is 0.370 e. The van der Waals surface area contributed by atoms with Crippen LogP contribution in [-0.2, 0) is 11.3 Å². The summed E-state index contributed by atoms with van der Waals surface area (Å²) in [6.45, 7) is 6.61. The Morgan fingerprint density at radius 1 is 1.19 bits per heavy atom. The van der Waals surface area contributed by atoms with Gasteiger partial charge in [0.1, 0.15) is 5.82 Å². The number of guanidine groups is 1. The number of benzene rings is 2. The molecule has 1 atom stereocenters. The Kier molecular flexibility index (Phi) is 9.54. The van der Waals surface area contributed by atoms with Crippen molar-refractivity contribution in [2.45, 2.75) is 32.7 Å². The van der Waals surface area contributed by atoms with E-state index >= 15 is 0 Å². The van der Waals surface area contributed by atoms with Crippen molar-refractivity contribution in [2.75, 3.05) is 36.9 Å². The lowest BCUT2D eigenvalue weighted by atomic mass is 9.90. The summed E-state index contributed by atoms with van der Waals surface area (Å²) in [6.07, 6.45) is 0.430. The van der Waals surface area contributed by atoms with Crippen molar-refractivity contribution >= 4 is 47.2 Å². The van der Waals surface area contributed by atoms with Crippen LogP contribution in [-0.4, -0.2) is 38.5 Å².